The predicted molar refractivity (Wildman–Crippen MR) is 279 cm³/mol. The SMILES string of the molecule is CCC/C=C\CCCCCCCC(=O)OCC(COC(=O)CCCCCCCC/C=C\C/C=C\C/C=C\CCCCC)OC(=O)CCCCCCCCC/C=C\C/C=C\CCCCCC. The number of esters is 3. The Kier molecular flexibility index (Phi) is 50.9. The number of carbonyl (C=O) groups excluding carboxylic acids is 3. The Morgan fingerprint density at radius 3 is 0.969 bits per heavy atom. The highest BCUT2D eigenvalue weighted by atomic mass is 16.6. The van der Waals surface area contributed by atoms with Crippen LogP contribution in [-0.4, -0.2) is 37.2 Å². The molecular weight excluding hydrogens is 805 g/mol. The first kappa shape index (κ1) is 61.9. The topological polar surface area (TPSA) is 78.9 Å². The number of ether oxygens (including phenoxy) is 3. The average Bonchev–Trinajstić information content (AvgIpc) is 3.30. The second-order valence-corrected chi connectivity index (χ2v) is 18.1. The first-order valence-corrected chi connectivity index (χ1v) is 27.4. The lowest BCUT2D eigenvalue weighted by atomic mass is 10.1. The highest BCUT2D eigenvalue weighted by Gasteiger charge is 2.19. The molecule has 65 heavy (non-hydrogen) atoms. The maximum absolute atomic E-state index is 12.8. The van der Waals surface area contributed by atoms with Crippen LogP contribution in [0.2, 0.25) is 0 Å². The second kappa shape index (κ2) is 53.5. The molecule has 0 fully saturated rings. The van der Waals surface area contributed by atoms with E-state index in [2.05, 4.69) is 93.7 Å². The van der Waals surface area contributed by atoms with Crippen molar-refractivity contribution in [3.63, 3.8) is 0 Å². The van der Waals surface area contributed by atoms with Gasteiger partial charge >= 0.3 is 17.9 Å². The largest absolute Gasteiger partial charge is 0.462 e. The van der Waals surface area contributed by atoms with E-state index in [4.69, 9.17) is 14.2 Å². The summed E-state index contributed by atoms with van der Waals surface area (Å²) in [4.78, 5) is 38.0. The summed E-state index contributed by atoms with van der Waals surface area (Å²) in [6, 6.07) is 0. The van der Waals surface area contributed by atoms with Crippen LogP contribution in [0.25, 0.3) is 0 Å². The molecule has 0 spiro atoms. The van der Waals surface area contributed by atoms with E-state index in [-0.39, 0.29) is 31.1 Å². The molecule has 0 N–H and O–H groups in total. The molecule has 1 atom stereocenters. The van der Waals surface area contributed by atoms with Crippen molar-refractivity contribution < 1.29 is 28.6 Å². The Bertz CT molecular complexity index is 1230. The van der Waals surface area contributed by atoms with Gasteiger partial charge in [-0.2, -0.15) is 0 Å². The molecule has 6 nitrogen and oxygen atoms in total. The summed E-state index contributed by atoms with van der Waals surface area (Å²) in [5.41, 5.74) is 0. The molecule has 6 heteroatoms. The molecule has 0 aliphatic rings. The first-order chi connectivity index (χ1) is 32.0. The molecule has 0 rings (SSSR count). The Labute approximate surface area is 402 Å². The van der Waals surface area contributed by atoms with E-state index >= 15 is 0 Å². The van der Waals surface area contributed by atoms with E-state index in [1.807, 2.05) is 0 Å². The lowest BCUT2D eigenvalue weighted by Crippen LogP contribution is -2.30. The lowest BCUT2D eigenvalue weighted by molar-refractivity contribution is -0.167. The van der Waals surface area contributed by atoms with Gasteiger partial charge in [0.05, 0.1) is 0 Å². The van der Waals surface area contributed by atoms with Crippen LogP contribution in [0.1, 0.15) is 265 Å². The third-order valence-corrected chi connectivity index (χ3v) is 11.6. The van der Waals surface area contributed by atoms with E-state index in [1.165, 1.54) is 122 Å². The van der Waals surface area contributed by atoms with Crippen molar-refractivity contribution in [3.05, 3.63) is 72.9 Å². The normalized spacial score (nSPS) is 12.6. The number of unbranched alkanes of at least 4 members (excludes halogenated alkanes) is 26. The molecular formula is C59H102O6. The van der Waals surface area contributed by atoms with Gasteiger partial charge in [-0.15, -0.1) is 0 Å². The van der Waals surface area contributed by atoms with Crippen LogP contribution in [0.3, 0.4) is 0 Å². The molecule has 0 bridgehead atoms. The van der Waals surface area contributed by atoms with Crippen LogP contribution >= 0.6 is 0 Å². The summed E-state index contributed by atoms with van der Waals surface area (Å²) in [5, 5.41) is 0. The molecule has 0 amide bonds. The van der Waals surface area contributed by atoms with E-state index in [0.29, 0.717) is 19.3 Å². The van der Waals surface area contributed by atoms with Gasteiger partial charge < -0.3 is 14.2 Å². The third-order valence-electron chi connectivity index (χ3n) is 11.6. The fourth-order valence-corrected chi connectivity index (χ4v) is 7.48. The fraction of sp³-hybridized carbons (Fsp3) is 0.746. The first-order valence-electron chi connectivity index (χ1n) is 27.4. The van der Waals surface area contributed by atoms with E-state index in [9.17, 15) is 14.4 Å². The van der Waals surface area contributed by atoms with Gasteiger partial charge in [-0.25, -0.2) is 0 Å². The fourth-order valence-electron chi connectivity index (χ4n) is 7.48. The van der Waals surface area contributed by atoms with Gasteiger partial charge in [-0.3, -0.25) is 14.4 Å². The molecule has 0 radical (unpaired) electrons. The van der Waals surface area contributed by atoms with Crippen LogP contribution in [0.5, 0.6) is 0 Å². The summed E-state index contributed by atoms with van der Waals surface area (Å²) in [7, 11) is 0. The Hall–Kier alpha value is -3.15. The highest BCUT2D eigenvalue weighted by molar-refractivity contribution is 5.71. The molecule has 1 unspecified atom stereocenters. The molecule has 0 saturated carbocycles. The Morgan fingerprint density at radius 1 is 0.308 bits per heavy atom. The monoisotopic (exact) mass is 907 g/mol. The van der Waals surface area contributed by atoms with Crippen molar-refractivity contribution in [2.45, 2.75) is 271 Å². The molecule has 0 heterocycles. The van der Waals surface area contributed by atoms with Crippen LogP contribution in [0, 0.1) is 0 Å². The number of rotatable bonds is 49. The summed E-state index contributed by atoms with van der Waals surface area (Å²) in [6.45, 7) is 6.52. The quantitative estimate of drug-likeness (QED) is 0.0262. The van der Waals surface area contributed by atoms with Crippen molar-refractivity contribution in [2.75, 3.05) is 13.2 Å². The maximum atomic E-state index is 12.8. The molecule has 0 aromatic heterocycles. The molecule has 0 aromatic rings. The molecule has 0 saturated heterocycles. The average molecular weight is 907 g/mol. The van der Waals surface area contributed by atoms with Crippen molar-refractivity contribution in [3.8, 4) is 0 Å². The van der Waals surface area contributed by atoms with Gasteiger partial charge in [0.2, 0.25) is 0 Å². The number of carbonyl (C=O) groups is 3. The zero-order valence-corrected chi connectivity index (χ0v) is 42.7. The number of hydrogen-bond donors (Lipinski definition) is 0. The summed E-state index contributed by atoms with van der Waals surface area (Å²) < 4.78 is 16.8. The summed E-state index contributed by atoms with van der Waals surface area (Å²) in [5.74, 6) is -0.915. The van der Waals surface area contributed by atoms with Crippen molar-refractivity contribution in [1.29, 1.82) is 0 Å². The Balaban J connectivity index is 4.37. The van der Waals surface area contributed by atoms with Crippen LogP contribution < -0.4 is 0 Å². The van der Waals surface area contributed by atoms with Crippen LogP contribution in [0.15, 0.2) is 72.9 Å². The maximum Gasteiger partial charge on any atom is 0.306 e. The van der Waals surface area contributed by atoms with E-state index < -0.39 is 6.10 Å². The smallest absolute Gasteiger partial charge is 0.306 e. The molecule has 0 aromatic carbocycles. The van der Waals surface area contributed by atoms with Crippen molar-refractivity contribution in [2.24, 2.45) is 0 Å². The van der Waals surface area contributed by atoms with Gasteiger partial charge in [0.15, 0.2) is 6.10 Å². The van der Waals surface area contributed by atoms with Gasteiger partial charge in [-0.05, 0) is 109 Å². The molecule has 374 valence electrons. The van der Waals surface area contributed by atoms with Crippen LogP contribution in [-0.2, 0) is 28.6 Å². The minimum atomic E-state index is -0.788. The highest BCUT2D eigenvalue weighted by Crippen LogP contribution is 2.14. The predicted octanol–water partition coefficient (Wildman–Crippen LogP) is 18.2. The minimum absolute atomic E-state index is 0.0876. The standard InChI is InChI=1S/C59H102O6/c1-4-7-10-13-16-19-22-24-26-28-30-32-33-35-37-40-43-46-49-52-58(61)64-55-56(54-63-57(60)51-48-45-42-39-21-18-15-12-9-6-3)65-59(62)53-50-47-44-41-38-36-34-31-29-27-25-23-20-17-14-11-8-5-2/h12,15-16,19-20,23-24,26-27,29-30,32,56H,4-11,13-14,17-18,21-22,25,28,31,33-55H2,1-3H3/b15-12-,19-16-,23-20-,26-24-,29-27-,32-30-. The molecule has 0 aliphatic carbocycles. The second-order valence-electron chi connectivity index (χ2n) is 18.1. The number of allylic oxidation sites excluding steroid dienone is 12. The van der Waals surface area contributed by atoms with Gasteiger partial charge in [-0.1, -0.05) is 209 Å². The van der Waals surface area contributed by atoms with Gasteiger partial charge in [0.25, 0.3) is 0 Å². The zero-order chi connectivity index (χ0) is 47.2. The van der Waals surface area contributed by atoms with Gasteiger partial charge in [0, 0.05) is 19.3 Å². The van der Waals surface area contributed by atoms with Gasteiger partial charge in [0.1, 0.15) is 13.2 Å². The Morgan fingerprint density at radius 2 is 0.585 bits per heavy atom. The lowest BCUT2D eigenvalue weighted by Gasteiger charge is -2.18. The molecule has 0 aliphatic heterocycles. The zero-order valence-electron chi connectivity index (χ0n) is 42.7. The third kappa shape index (κ3) is 51.7. The summed E-state index contributed by atoms with van der Waals surface area (Å²) >= 11 is 0. The summed E-state index contributed by atoms with van der Waals surface area (Å²) in [6.07, 6.45) is 67.4. The minimum Gasteiger partial charge on any atom is -0.462 e. The van der Waals surface area contributed by atoms with E-state index in [1.54, 1.807) is 0 Å². The van der Waals surface area contributed by atoms with Crippen molar-refractivity contribution >= 4 is 17.9 Å². The van der Waals surface area contributed by atoms with E-state index in [0.717, 1.165) is 103 Å². The van der Waals surface area contributed by atoms with Crippen LogP contribution in [0.4, 0.5) is 0 Å². The number of hydrogen-bond acceptors (Lipinski definition) is 6. The van der Waals surface area contributed by atoms with Crippen molar-refractivity contribution in [1.82, 2.24) is 0 Å².